The molecule has 0 aromatic heterocycles. The van der Waals surface area contributed by atoms with Crippen molar-refractivity contribution in [2.75, 3.05) is 5.32 Å². The van der Waals surface area contributed by atoms with Crippen LogP contribution in [0.25, 0.3) is 0 Å². The second-order valence-corrected chi connectivity index (χ2v) is 6.62. The van der Waals surface area contributed by atoms with Crippen LogP contribution in [0.15, 0.2) is 42.5 Å². The van der Waals surface area contributed by atoms with Crippen LogP contribution in [0.1, 0.15) is 49.4 Å². The van der Waals surface area contributed by atoms with Crippen LogP contribution >= 0.6 is 0 Å². The molecule has 0 aliphatic heterocycles. The van der Waals surface area contributed by atoms with Crippen LogP contribution in [0.3, 0.4) is 0 Å². The van der Waals surface area contributed by atoms with Gasteiger partial charge in [-0.15, -0.1) is 0 Å². The van der Waals surface area contributed by atoms with Crippen molar-refractivity contribution >= 4 is 5.69 Å². The molecule has 2 aromatic carbocycles. The van der Waals surface area contributed by atoms with Crippen molar-refractivity contribution in [3.63, 3.8) is 0 Å². The molecule has 0 saturated carbocycles. The van der Waals surface area contributed by atoms with E-state index in [1.807, 2.05) is 13.0 Å². The molecule has 21 heavy (non-hydrogen) atoms. The second kappa shape index (κ2) is 5.18. The van der Waals surface area contributed by atoms with E-state index in [0.717, 1.165) is 18.5 Å². The number of halogens is 1. The van der Waals surface area contributed by atoms with Crippen LogP contribution in [-0.2, 0) is 5.41 Å². The molecular formula is C19H22FN. The monoisotopic (exact) mass is 283 g/mol. The Kier molecular flexibility index (Phi) is 3.48. The van der Waals surface area contributed by atoms with Gasteiger partial charge in [-0.3, -0.25) is 0 Å². The highest BCUT2D eigenvalue weighted by Gasteiger charge is 2.32. The normalized spacial score (nSPS) is 19.9. The van der Waals surface area contributed by atoms with Crippen LogP contribution in [0.5, 0.6) is 0 Å². The summed E-state index contributed by atoms with van der Waals surface area (Å²) >= 11 is 0. The van der Waals surface area contributed by atoms with E-state index in [2.05, 4.69) is 43.4 Å². The summed E-state index contributed by atoms with van der Waals surface area (Å²) in [5, 5.41) is 3.54. The van der Waals surface area contributed by atoms with E-state index >= 15 is 0 Å². The molecular weight excluding hydrogens is 261 g/mol. The molecule has 0 bridgehead atoms. The fourth-order valence-corrected chi connectivity index (χ4v) is 3.31. The molecule has 110 valence electrons. The summed E-state index contributed by atoms with van der Waals surface area (Å²) in [5.74, 6) is -0.149. The molecule has 0 fully saturated rings. The fraction of sp³-hybridized carbons (Fsp3) is 0.368. The van der Waals surface area contributed by atoms with Gasteiger partial charge in [0.25, 0.3) is 0 Å². The third-order valence-corrected chi connectivity index (χ3v) is 4.72. The SMILES string of the molecule is Cc1c(F)cccc1NC1CCC(C)(C)c2ccccc21. The van der Waals surface area contributed by atoms with Crippen molar-refractivity contribution in [3.05, 3.63) is 65.0 Å². The summed E-state index contributed by atoms with van der Waals surface area (Å²) < 4.78 is 13.7. The maximum atomic E-state index is 13.7. The molecule has 1 unspecified atom stereocenters. The quantitative estimate of drug-likeness (QED) is 0.782. The fourth-order valence-electron chi connectivity index (χ4n) is 3.31. The van der Waals surface area contributed by atoms with Crippen LogP contribution in [0.4, 0.5) is 10.1 Å². The van der Waals surface area contributed by atoms with E-state index in [9.17, 15) is 4.39 Å². The predicted molar refractivity (Wildman–Crippen MR) is 86.2 cm³/mol. The van der Waals surface area contributed by atoms with E-state index in [1.165, 1.54) is 17.2 Å². The zero-order valence-corrected chi connectivity index (χ0v) is 12.9. The molecule has 1 N–H and O–H groups in total. The lowest BCUT2D eigenvalue weighted by Gasteiger charge is -2.38. The minimum atomic E-state index is -0.149. The number of anilines is 1. The Morgan fingerprint density at radius 2 is 1.86 bits per heavy atom. The number of hydrogen-bond acceptors (Lipinski definition) is 1. The van der Waals surface area contributed by atoms with Gasteiger partial charge in [-0.1, -0.05) is 44.2 Å². The summed E-state index contributed by atoms with van der Waals surface area (Å²) in [7, 11) is 0. The van der Waals surface area contributed by atoms with Gasteiger partial charge in [0.2, 0.25) is 0 Å². The number of hydrogen-bond donors (Lipinski definition) is 1. The highest BCUT2D eigenvalue weighted by molar-refractivity contribution is 5.54. The van der Waals surface area contributed by atoms with E-state index in [1.54, 1.807) is 6.07 Å². The lowest BCUT2D eigenvalue weighted by atomic mass is 9.71. The molecule has 0 spiro atoms. The summed E-state index contributed by atoms with van der Waals surface area (Å²) in [4.78, 5) is 0. The van der Waals surface area contributed by atoms with E-state index in [-0.39, 0.29) is 17.3 Å². The number of nitrogens with one attached hydrogen (secondary N) is 1. The molecule has 0 saturated heterocycles. The first kappa shape index (κ1) is 14.1. The Bertz CT molecular complexity index is 660. The van der Waals surface area contributed by atoms with Gasteiger partial charge in [0.15, 0.2) is 0 Å². The van der Waals surface area contributed by atoms with Crippen LogP contribution < -0.4 is 5.32 Å². The average Bonchev–Trinajstić information content (AvgIpc) is 2.47. The summed E-state index contributed by atoms with van der Waals surface area (Å²) in [5.41, 5.74) is 4.56. The van der Waals surface area contributed by atoms with E-state index < -0.39 is 0 Å². The predicted octanol–water partition coefficient (Wildman–Crippen LogP) is 5.36. The topological polar surface area (TPSA) is 12.0 Å². The minimum Gasteiger partial charge on any atom is -0.378 e. The van der Waals surface area contributed by atoms with Gasteiger partial charge >= 0.3 is 0 Å². The first-order valence-corrected chi connectivity index (χ1v) is 7.60. The maximum Gasteiger partial charge on any atom is 0.128 e. The number of benzene rings is 2. The first-order chi connectivity index (χ1) is 9.99. The third-order valence-electron chi connectivity index (χ3n) is 4.72. The third kappa shape index (κ3) is 2.55. The zero-order valence-electron chi connectivity index (χ0n) is 12.9. The van der Waals surface area contributed by atoms with E-state index in [0.29, 0.717) is 5.56 Å². The van der Waals surface area contributed by atoms with Crippen LogP contribution in [0.2, 0.25) is 0 Å². The average molecular weight is 283 g/mol. The molecule has 1 aliphatic carbocycles. The molecule has 1 aliphatic rings. The van der Waals surface area contributed by atoms with Crippen LogP contribution in [-0.4, -0.2) is 0 Å². The molecule has 1 atom stereocenters. The summed E-state index contributed by atoms with van der Waals surface area (Å²) in [6, 6.07) is 14.1. The Morgan fingerprint density at radius 1 is 1.10 bits per heavy atom. The largest absolute Gasteiger partial charge is 0.378 e. The first-order valence-electron chi connectivity index (χ1n) is 7.60. The second-order valence-electron chi connectivity index (χ2n) is 6.62. The minimum absolute atomic E-state index is 0.149. The van der Waals surface area contributed by atoms with Gasteiger partial charge in [0, 0.05) is 11.3 Å². The molecule has 3 rings (SSSR count). The Balaban J connectivity index is 1.96. The summed E-state index contributed by atoms with van der Waals surface area (Å²) in [6.45, 7) is 6.43. The maximum absolute atomic E-state index is 13.7. The molecule has 0 heterocycles. The molecule has 2 heteroatoms. The Morgan fingerprint density at radius 3 is 2.67 bits per heavy atom. The van der Waals surface area contributed by atoms with E-state index in [4.69, 9.17) is 0 Å². The van der Waals surface area contributed by atoms with Crippen molar-refractivity contribution in [2.24, 2.45) is 0 Å². The number of rotatable bonds is 2. The van der Waals surface area contributed by atoms with Crippen molar-refractivity contribution < 1.29 is 4.39 Å². The highest BCUT2D eigenvalue weighted by Crippen LogP contribution is 2.42. The van der Waals surface area contributed by atoms with Gasteiger partial charge in [-0.25, -0.2) is 4.39 Å². The van der Waals surface area contributed by atoms with Crippen LogP contribution in [0, 0.1) is 12.7 Å². The van der Waals surface area contributed by atoms with Gasteiger partial charge < -0.3 is 5.32 Å². The molecule has 2 aromatic rings. The zero-order chi connectivity index (χ0) is 15.0. The molecule has 0 radical (unpaired) electrons. The standard InChI is InChI=1S/C19H22FN/c1-13-16(20)9-6-10-17(13)21-18-11-12-19(2,3)15-8-5-4-7-14(15)18/h4-10,18,21H,11-12H2,1-3H3. The van der Waals surface area contributed by atoms with Crippen molar-refractivity contribution in [1.82, 2.24) is 0 Å². The van der Waals surface area contributed by atoms with Crippen molar-refractivity contribution in [2.45, 2.75) is 45.1 Å². The molecule has 1 nitrogen and oxygen atoms in total. The number of fused-ring (bicyclic) bond motifs is 1. The lowest BCUT2D eigenvalue weighted by molar-refractivity contribution is 0.406. The van der Waals surface area contributed by atoms with Gasteiger partial charge in [0.05, 0.1) is 6.04 Å². The summed E-state index contributed by atoms with van der Waals surface area (Å²) in [6.07, 6.45) is 2.20. The van der Waals surface area contributed by atoms with Gasteiger partial charge in [-0.05, 0) is 48.4 Å². The highest BCUT2D eigenvalue weighted by atomic mass is 19.1. The van der Waals surface area contributed by atoms with Gasteiger partial charge in [0.1, 0.15) is 5.82 Å². The van der Waals surface area contributed by atoms with Crippen molar-refractivity contribution in [3.8, 4) is 0 Å². The smallest absolute Gasteiger partial charge is 0.128 e. The van der Waals surface area contributed by atoms with Crippen molar-refractivity contribution in [1.29, 1.82) is 0 Å². The Labute approximate surface area is 126 Å². The Hall–Kier alpha value is -1.83. The van der Waals surface area contributed by atoms with Gasteiger partial charge in [-0.2, -0.15) is 0 Å². The molecule has 0 amide bonds. The lowest BCUT2D eigenvalue weighted by Crippen LogP contribution is -2.29.